The fourth-order valence-electron chi connectivity index (χ4n) is 6.58. The number of furan rings is 1. The average Bonchev–Trinajstić information content (AvgIpc) is 3.23. The molecule has 0 spiro atoms. The van der Waals surface area contributed by atoms with E-state index in [4.69, 9.17) is 13.9 Å². The van der Waals surface area contributed by atoms with E-state index in [0.29, 0.717) is 12.8 Å². The Labute approximate surface area is 165 Å². The Hall–Kier alpha value is -1.82. The van der Waals surface area contributed by atoms with Crippen LogP contribution in [0.25, 0.3) is 0 Å². The maximum atomic E-state index is 12.9. The topological polar surface area (TPSA) is 86.0 Å². The van der Waals surface area contributed by atoms with Crippen molar-refractivity contribution < 1.29 is 28.6 Å². The van der Waals surface area contributed by atoms with Crippen LogP contribution in [0, 0.1) is 22.7 Å². The predicted molar refractivity (Wildman–Crippen MR) is 100 cm³/mol. The number of esters is 2. The van der Waals surface area contributed by atoms with Crippen molar-refractivity contribution in [3.63, 3.8) is 0 Å². The van der Waals surface area contributed by atoms with Crippen molar-refractivity contribution in [2.75, 3.05) is 0 Å². The Morgan fingerprint density at radius 2 is 2.11 bits per heavy atom. The molecule has 0 aromatic carbocycles. The first-order chi connectivity index (χ1) is 13.1. The van der Waals surface area contributed by atoms with Crippen LogP contribution in [0.4, 0.5) is 0 Å². The molecule has 2 heterocycles. The van der Waals surface area contributed by atoms with Gasteiger partial charge in [0.1, 0.15) is 12.2 Å². The summed E-state index contributed by atoms with van der Waals surface area (Å²) >= 11 is 0. The summed E-state index contributed by atoms with van der Waals surface area (Å²) in [6, 6.07) is 1.90. The van der Waals surface area contributed by atoms with Crippen LogP contribution in [0.15, 0.2) is 23.0 Å². The van der Waals surface area contributed by atoms with Gasteiger partial charge in [0.25, 0.3) is 0 Å². The molecular formula is C22H30O6. The van der Waals surface area contributed by atoms with Gasteiger partial charge in [-0.3, -0.25) is 9.59 Å². The monoisotopic (exact) mass is 390 g/mol. The minimum absolute atomic E-state index is 0.184. The Bertz CT molecular complexity index is 772. The van der Waals surface area contributed by atoms with Crippen LogP contribution in [0.2, 0.25) is 0 Å². The molecule has 6 heteroatoms. The molecule has 154 valence electrons. The second kappa shape index (κ2) is 6.34. The van der Waals surface area contributed by atoms with Crippen molar-refractivity contribution in [2.45, 2.75) is 77.6 Å². The number of carbonyl (C=O) groups is 2. The fourth-order valence-corrected chi connectivity index (χ4v) is 6.58. The zero-order valence-electron chi connectivity index (χ0n) is 17.1. The number of ether oxygens (including phenoxy) is 2. The van der Waals surface area contributed by atoms with Crippen LogP contribution in [-0.2, 0) is 25.5 Å². The molecule has 6 nitrogen and oxygen atoms in total. The molecule has 7 atom stereocenters. The van der Waals surface area contributed by atoms with Crippen molar-refractivity contribution in [3.05, 3.63) is 24.2 Å². The molecule has 7 unspecified atom stereocenters. The van der Waals surface area contributed by atoms with Gasteiger partial charge in [-0.15, -0.1) is 0 Å². The number of aryl methyl sites for hydroxylation is 1. The van der Waals surface area contributed by atoms with Crippen molar-refractivity contribution in [1.82, 2.24) is 0 Å². The quantitative estimate of drug-likeness (QED) is 0.794. The Morgan fingerprint density at radius 3 is 2.75 bits per heavy atom. The van der Waals surface area contributed by atoms with Crippen LogP contribution < -0.4 is 0 Å². The summed E-state index contributed by atoms with van der Waals surface area (Å²) in [7, 11) is 0. The lowest BCUT2D eigenvalue weighted by Crippen LogP contribution is -2.70. The molecular weight excluding hydrogens is 360 g/mol. The molecule has 0 radical (unpaired) electrons. The smallest absolute Gasteiger partial charge is 0.312 e. The lowest BCUT2D eigenvalue weighted by molar-refractivity contribution is -0.257. The van der Waals surface area contributed by atoms with Crippen molar-refractivity contribution in [3.8, 4) is 0 Å². The maximum absolute atomic E-state index is 12.9. The summed E-state index contributed by atoms with van der Waals surface area (Å²) < 4.78 is 16.7. The molecule has 1 aromatic rings. The van der Waals surface area contributed by atoms with Gasteiger partial charge in [0.15, 0.2) is 0 Å². The highest BCUT2D eigenvalue weighted by Crippen LogP contribution is 2.67. The van der Waals surface area contributed by atoms with Crippen LogP contribution >= 0.6 is 0 Å². The first-order valence-electron chi connectivity index (χ1n) is 10.3. The summed E-state index contributed by atoms with van der Waals surface area (Å²) in [5.74, 6) is -1.19. The molecule has 0 bridgehead atoms. The number of hydrogen-bond acceptors (Lipinski definition) is 6. The fraction of sp³-hybridized carbons (Fsp3) is 0.727. The number of rotatable bonds is 4. The number of carbonyl (C=O) groups excluding carboxylic acids is 2. The molecule has 3 fully saturated rings. The summed E-state index contributed by atoms with van der Waals surface area (Å²) in [6.07, 6.45) is 5.76. The van der Waals surface area contributed by atoms with E-state index >= 15 is 0 Å². The van der Waals surface area contributed by atoms with Crippen LogP contribution in [0.3, 0.4) is 0 Å². The Kier molecular flexibility index (Phi) is 4.42. The van der Waals surface area contributed by atoms with Gasteiger partial charge in [-0.25, -0.2) is 0 Å². The summed E-state index contributed by atoms with van der Waals surface area (Å²) in [4.78, 5) is 24.7. The van der Waals surface area contributed by atoms with Gasteiger partial charge in [-0.05, 0) is 44.2 Å². The minimum Gasteiger partial charge on any atom is -0.472 e. The number of aliphatic hydroxyl groups is 1. The Morgan fingerprint density at radius 1 is 1.36 bits per heavy atom. The molecule has 2 saturated carbocycles. The first-order valence-corrected chi connectivity index (χ1v) is 10.3. The minimum atomic E-state index is -1.10. The lowest BCUT2D eigenvalue weighted by Gasteiger charge is -2.62. The van der Waals surface area contributed by atoms with Crippen molar-refractivity contribution >= 4 is 11.9 Å². The van der Waals surface area contributed by atoms with E-state index in [-0.39, 0.29) is 17.8 Å². The normalized spacial score (nSPS) is 44.7. The predicted octanol–water partition coefficient (Wildman–Crippen LogP) is 3.26. The SMILES string of the molecule is CC(=O)OC1C2OC(=O)C3(C)CCCC(C)(C23)C(O)(CCc2ccoc2)C1C. The van der Waals surface area contributed by atoms with Gasteiger partial charge in [-0.1, -0.05) is 20.3 Å². The zero-order valence-corrected chi connectivity index (χ0v) is 17.1. The second-order valence-corrected chi connectivity index (χ2v) is 9.45. The third-order valence-electron chi connectivity index (χ3n) is 8.04. The lowest BCUT2D eigenvalue weighted by atomic mass is 9.43. The van der Waals surface area contributed by atoms with E-state index in [1.807, 2.05) is 19.9 Å². The van der Waals surface area contributed by atoms with Crippen LogP contribution in [-0.4, -0.2) is 34.9 Å². The molecule has 1 N–H and O–H groups in total. The first kappa shape index (κ1) is 19.5. The molecule has 4 rings (SSSR count). The van der Waals surface area contributed by atoms with Gasteiger partial charge in [0.05, 0.1) is 23.5 Å². The third kappa shape index (κ3) is 2.49. The Balaban J connectivity index is 1.78. The largest absolute Gasteiger partial charge is 0.472 e. The highest BCUT2D eigenvalue weighted by molar-refractivity contribution is 5.80. The summed E-state index contributed by atoms with van der Waals surface area (Å²) in [5, 5.41) is 12.2. The van der Waals surface area contributed by atoms with E-state index in [1.165, 1.54) is 6.92 Å². The zero-order chi connectivity index (χ0) is 20.3. The van der Waals surface area contributed by atoms with Gasteiger partial charge >= 0.3 is 11.9 Å². The van der Waals surface area contributed by atoms with E-state index in [1.54, 1.807) is 12.5 Å². The van der Waals surface area contributed by atoms with Gasteiger partial charge in [-0.2, -0.15) is 0 Å². The molecule has 28 heavy (non-hydrogen) atoms. The van der Waals surface area contributed by atoms with Crippen LogP contribution in [0.1, 0.15) is 58.9 Å². The van der Waals surface area contributed by atoms with Crippen molar-refractivity contribution in [1.29, 1.82) is 0 Å². The molecule has 1 aliphatic heterocycles. The van der Waals surface area contributed by atoms with E-state index < -0.39 is 34.6 Å². The summed E-state index contributed by atoms with van der Waals surface area (Å²) in [5.41, 5.74) is -1.23. The van der Waals surface area contributed by atoms with Gasteiger partial charge < -0.3 is 19.0 Å². The van der Waals surface area contributed by atoms with E-state index in [0.717, 1.165) is 24.8 Å². The molecule has 0 amide bonds. The molecule has 1 saturated heterocycles. The maximum Gasteiger partial charge on any atom is 0.312 e. The summed E-state index contributed by atoms with van der Waals surface area (Å²) in [6.45, 7) is 7.33. The number of hydrogen-bond donors (Lipinski definition) is 1. The molecule has 3 aliphatic rings. The van der Waals surface area contributed by atoms with E-state index in [9.17, 15) is 14.7 Å². The molecule has 2 aliphatic carbocycles. The van der Waals surface area contributed by atoms with Gasteiger partial charge in [0.2, 0.25) is 0 Å². The average molecular weight is 390 g/mol. The van der Waals surface area contributed by atoms with Crippen molar-refractivity contribution in [2.24, 2.45) is 22.7 Å². The third-order valence-corrected chi connectivity index (χ3v) is 8.04. The highest BCUT2D eigenvalue weighted by atomic mass is 16.6. The highest BCUT2D eigenvalue weighted by Gasteiger charge is 2.74. The van der Waals surface area contributed by atoms with Crippen LogP contribution in [0.5, 0.6) is 0 Å². The molecule has 1 aromatic heterocycles. The van der Waals surface area contributed by atoms with Gasteiger partial charge in [0, 0.05) is 24.2 Å². The standard InChI is InChI=1S/C22H30O6/c1-13-16(27-14(2)23)17-18-20(3,19(24)28-17)8-5-9-21(18,4)22(13,25)10-6-15-7-11-26-12-15/h7,11-13,16-18,25H,5-6,8-10H2,1-4H3. The van der Waals surface area contributed by atoms with E-state index in [2.05, 4.69) is 6.92 Å². The second-order valence-electron chi connectivity index (χ2n) is 9.45.